The third kappa shape index (κ3) is 4.33. The zero-order valence-electron chi connectivity index (χ0n) is 10.2. The van der Waals surface area contributed by atoms with Crippen molar-refractivity contribution in [3.05, 3.63) is 0 Å². The van der Waals surface area contributed by atoms with Gasteiger partial charge in [0.2, 0.25) is 5.91 Å². The van der Waals surface area contributed by atoms with E-state index in [4.69, 9.17) is 9.84 Å². The minimum Gasteiger partial charge on any atom is -0.481 e. The highest BCUT2D eigenvalue weighted by Crippen LogP contribution is 2.14. The van der Waals surface area contributed by atoms with Gasteiger partial charge in [0.05, 0.1) is 32.3 Å². The van der Waals surface area contributed by atoms with Crippen molar-refractivity contribution in [2.24, 2.45) is 5.92 Å². The van der Waals surface area contributed by atoms with Gasteiger partial charge in [-0.2, -0.15) is 0 Å². The first-order chi connectivity index (χ1) is 8.54. The zero-order valence-corrected chi connectivity index (χ0v) is 10.2. The van der Waals surface area contributed by atoms with Gasteiger partial charge < -0.3 is 19.9 Å². The molecule has 1 amide bonds. The molecule has 2 atom stereocenters. The number of aliphatic carboxylic acids is 1. The van der Waals surface area contributed by atoms with Crippen LogP contribution in [-0.4, -0.2) is 48.8 Å². The van der Waals surface area contributed by atoms with Crippen LogP contribution in [0, 0.1) is 5.92 Å². The Morgan fingerprint density at radius 3 is 2.67 bits per heavy atom. The Kier molecular flexibility index (Phi) is 5.57. The van der Waals surface area contributed by atoms with E-state index in [-0.39, 0.29) is 38.6 Å². The molecule has 0 radical (unpaired) electrons. The number of carbonyl (C=O) groups is 3. The minimum absolute atomic E-state index is 0.00894. The van der Waals surface area contributed by atoms with Crippen LogP contribution in [0.3, 0.4) is 0 Å². The zero-order chi connectivity index (χ0) is 13.5. The second kappa shape index (κ2) is 6.95. The number of carboxylic acids is 1. The molecule has 0 aromatic rings. The van der Waals surface area contributed by atoms with Gasteiger partial charge in [0, 0.05) is 6.42 Å². The first-order valence-corrected chi connectivity index (χ1v) is 5.80. The summed E-state index contributed by atoms with van der Waals surface area (Å²) in [7, 11) is 0. The van der Waals surface area contributed by atoms with Gasteiger partial charge in [-0.3, -0.25) is 14.4 Å². The van der Waals surface area contributed by atoms with Gasteiger partial charge in [0.25, 0.3) is 0 Å². The summed E-state index contributed by atoms with van der Waals surface area (Å²) in [5, 5.41) is 11.4. The van der Waals surface area contributed by atoms with Crippen molar-refractivity contribution in [2.45, 2.75) is 25.8 Å². The van der Waals surface area contributed by atoms with Crippen LogP contribution in [0.2, 0.25) is 0 Å². The summed E-state index contributed by atoms with van der Waals surface area (Å²) in [4.78, 5) is 33.4. The highest BCUT2D eigenvalue weighted by molar-refractivity contribution is 5.82. The van der Waals surface area contributed by atoms with E-state index in [0.717, 1.165) is 0 Å². The van der Waals surface area contributed by atoms with E-state index < -0.39 is 23.9 Å². The third-order valence-corrected chi connectivity index (χ3v) is 2.61. The van der Waals surface area contributed by atoms with E-state index in [1.54, 1.807) is 6.92 Å². The van der Waals surface area contributed by atoms with Gasteiger partial charge in [-0.15, -0.1) is 0 Å². The van der Waals surface area contributed by atoms with Gasteiger partial charge in [-0.25, -0.2) is 0 Å². The van der Waals surface area contributed by atoms with Gasteiger partial charge in [0.15, 0.2) is 0 Å². The maximum absolute atomic E-state index is 11.5. The van der Waals surface area contributed by atoms with Crippen molar-refractivity contribution in [1.29, 1.82) is 0 Å². The van der Waals surface area contributed by atoms with E-state index in [2.05, 4.69) is 10.1 Å². The molecular formula is C11H17NO6. The number of esters is 1. The normalized spacial score (nSPS) is 22.5. The number of amides is 1. The predicted molar refractivity (Wildman–Crippen MR) is 59.7 cm³/mol. The molecule has 18 heavy (non-hydrogen) atoms. The van der Waals surface area contributed by atoms with E-state index in [9.17, 15) is 14.4 Å². The lowest BCUT2D eigenvalue weighted by Crippen LogP contribution is -2.42. The van der Waals surface area contributed by atoms with Gasteiger partial charge in [-0.05, 0) is 6.92 Å². The molecule has 0 bridgehead atoms. The molecule has 1 fully saturated rings. The van der Waals surface area contributed by atoms with Crippen LogP contribution in [0.25, 0.3) is 0 Å². The molecule has 0 aromatic heterocycles. The van der Waals surface area contributed by atoms with Crippen LogP contribution in [0.5, 0.6) is 0 Å². The Balaban J connectivity index is 2.31. The number of rotatable bonds is 6. The Hall–Kier alpha value is -1.63. The van der Waals surface area contributed by atoms with Crippen molar-refractivity contribution < 1.29 is 29.0 Å². The Labute approximate surface area is 104 Å². The fourth-order valence-electron chi connectivity index (χ4n) is 1.67. The molecule has 1 aliphatic heterocycles. The highest BCUT2D eigenvalue weighted by atomic mass is 16.5. The number of hydrogen-bond donors (Lipinski definition) is 2. The molecule has 1 heterocycles. The maximum Gasteiger partial charge on any atom is 0.311 e. The first kappa shape index (κ1) is 14.4. The van der Waals surface area contributed by atoms with E-state index in [1.807, 2.05) is 0 Å². The predicted octanol–water partition coefficient (Wildman–Crippen LogP) is -0.454. The smallest absolute Gasteiger partial charge is 0.311 e. The van der Waals surface area contributed by atoms with Crippen molar-refractivity contribution >= 4 is 17.8 Å². The Bertz CT molecular complexity index is 329. The number of carboxylic acid groups (broad SMARTS) is 1. The second-order valence-corrected chi connectivity index (χ2v) is 3.96. The van der Waals surface area contributed by atoms with E-state index in [0.29, 0.717) is 0 Å². The summed E-state index contributed by atoms with van der Waals surface area (Å²) in [6.07, 6.45) is -0.0212. The second-order valence-electron chi connectivity index (χ2n) is 3.96. The molecule has 2 N–H and O–H groups in total. The summed E-state index contributed by atoms with van der Waals surface area (Å²) in [6.45, 7) is 2.24. The molecule has 102 valence electrons. The number of ether oxygens (including phenoxy) is 2. The van der Waals surface area contributed by atoms with Gasteiger partial charge in [0.1, 0.15) is 5.92 Å². The molecule has 0 aromatic carbocycles. The van der Waals surface area contributed by atoms with Crippen molar-refractivity contribution in [1.82, 2.24) is 5.32 Å². The standard InChI is InChI=1S/C11H17NO6/c1-2-18-10(14)4-3-9(13)12-8-6-17-5-7(8)11(15)16/h7-8H,2-6H2,1H3,(H,12,13)(H,15,16). The molecule has 0 saturated carbocycles. The number of carbonyl (C=O) groups excluding carboxylic acids is 2. The monoisotopic (exact) mass is 259 g/mol. The lowest BCUT2D eigenvalue weighted by Gasteiger charge is -2.15. The van der Waals surface area contributed by atoms with Crippen LogP contribution in [-0.2, 0) is 23.9 Å². The molecule has 7 heteroatoms. The summed E-state index contributed by atoms with van der Waals surface area (Å²) in [5.41, 5.74) is 0. The van der Waals surface area contributed by atoms with Crippen LogP contribution < -0.4 is 5.32 Å². The van der Waals surface area contributed by atoms with Crippen molar-refractivity contribution in [3.63, 3.8) is 0 Å². The lowest BCUT2D eigenvalue weighted by atomic mass is 10.0. The molecular weight excluding hydrogens is 242 g/mol. The lowest BCUT2D eigenvalue weighted by molar-refractivity contribution is -0.145. The maximum atomic E-state index is 11.5. The molecule has 1 saturated heterocycles. The van der Waals surface area contributed by atoms with Crippen molar-refractivity contribution in [2.75, 3.05) is 19.8 Å². The van der Waals surface area contributed by atoms with Crippen molar-refractivity contribution in [3.8, 4) is 0 Å². The fourth-order valence-corrected chi connectivity index (χ4v) is 1.67. The average Bonchev–Trinajstić information content (AvgIpc) is 2.75. The molecule has 0 spiro atoms. The topological polar surface area (TPSA) is 102 Å². The summed E-state index contributed by atoms with van der Waals surface area (Å²) >= 11 is 0. The fraction of sp³-hybridized carbons (Fsp3) is 0.727. The third-order valence-electron chi connectivity index (χ3n) is 2.61. The van der Waals surface area contributed by atoms with Crippen LogP contribution in [0.4, 0.5) is 0 Å². The van der Waals surface area contributed by atoms with Crippen LogP contribution >= 0.6 is 0 Å². The largest absolute Gasteiger partial charge is 0.481 e. The highest BCUT2D eigenvalue weighted by Gasteiger charge is 2.34. The van der Waals surface area contributed by atoms with Gasteiger partial charge >= 0.3 is 11.9 Å². The van der Waals surface area contributed by atoms with Crippen LogP contribution in [0.1, 0.15) is 19.8 Å². The summed E-state index contributed by atoms with van der Waals surface area (Å²) in [5.74, 6) is -2.53. The SMILES string of the molecule is CCOC(=O)CCC(=O)NC1COCC1C(=O)O. The number of hydrogen-bond acceptors (Lipinski definition) is 5. The molecule has 1 rings (SSSR count). The first-order valence-electron chi connectivity index (χ1n) is 5.80. The van der Waals surface area contributed by atoms with E-state index in [1.165, 1.54) is 0 Å². The molecule has 0 aliphatic carbocycles. The Morgan fingerprint density at radius 2 is 2.06 bits per heavy atom. The van der Waals surface area contributed by atoms with Crippen LogP contribution in [0.15, 0.2) is 0 Å². The molecule has 1 aliphatic rings. The van der Waals surface area contributed by atoms with E-state index >= 15 is 0 Å². The number of nitrogens with one attached hydrogen (secondary N) is 1. The average molecular weight is 259 g/mol. The van der Waals surface area contributed by atoms with Gasteiger partial charge in [-0.1, -0.05) is 0 Å². The molecule has 2 unspecified atom stereocenters. The quantitative estimate of drug-likeness (QED) is 0.626. The molecule has 7 nitrogen and oxygen atoms in total. The summed E-state index contributed by atoms with van der Waals surface area (Å²) < 4.78 is 9.69. The minimum atomic E-state index is -0.997. The summed E-state index contributed by atoms with van der Waals surface area (Å²) in [6, 6.07) is -0.530. The Morgan fingerprint density at radius 1 is 1.33 bits per heavy atom.